The lowest BCUT2D eigenvalue weighted by Crippen LogP contribution is -2.26. The van der Waals surface area contributed by atoms with Gasteiger partial charge in [-0.15, -0.1) is 6.58 Å². The average Bonchev–Trinajstić information content (AvgIpc) is 2.93. The van der Waals surface area contributed by atoms with E-state index in [1.807, 2.05) is 18.2 Å². The summed E-state index contributed by atoms with van der Waals surface area (Å²) in [7, 11) is 2.84. The number of carbonyl (C=O) groups excluding carboxylic acids is 1. The Kier molecular flexibility index (Phi) is 8.99. The number of methoxy groups -OCH3 is 2. The first-order valence-corrected chi connectivity index (χ1v) is 13.5. The van der Waals surface area contributed by atoms with E-state index in [0.717, 1.165) is 35.7 Å². The molecule has 1 saturated carbocycles. The summed E-state index contributed by atoms with van der Waals surface area (Å²) in [6, 6.07) is 9.17. The van der Waals surface area contributed by atoms with Crippen LogP contribution in [0, 0.1) is 0 Å². The Labute approximate surface area is 230 Å². The summed E-state index contributed by atoms with van der Waals surface area (Å²) in [4.78, 5) is 30.5. The molecule has 2 aromatic carbocycles. The molecule has 0 amide bonds. The monoisotopic (exact) mass is 581 g/mol. The predicted octanol–water partition coefficient (Wildman–Crippen LogP) is 5.77. The fraction of sp³-hybridized carbons (Fsp3) is 0.379. The molecule has 8 nitrogen and oxygen atoms in total. The van der Waals surface area contributed by atoms with Crippen molar-refractivity contribution >= 4 is 39.0 Å². The van der Waals surface area contributed by atoms with Gasteiger partial charge in [0.1, 0.15) is 5.82 Å². The molecule has 3 aromatic rings. The number of hydrogen-bond donors (Lipinski definition) is 0. The van der Waals surface area contributed by atoms with Gasteiger partial charge >= 0.3 is 5.97 Å². The van der Waals surface area contributed by atoms with Crippen molar-refractivity contribution in [3.8, 4) is 11.5 Å². The van der Waals surface area contributed by atoms with Crippen LogP contribution in [0.15, 0.2) is 57.4 Å². The SMILES string of the molecule is C=CCc1cc(C=Nn2c(C3CCCCC3)nc3ccc(Br)cc3c2=O)cc(OC)c1O[C@@H](C)C(=O)OC. The number of ether oxygens (including phenoxy) is 3. The normalized spacial score (nSPS) is 14.9. The van der Waals surface area contributed by atoms with Crippen LogP contribution in [0.25, 0.3) is 10.9 Å². The molecule has 0 spiro atoms. The Morgan fingerprint density at radius 1 is 1.24 bits per heavy atom. The van der Waals surface area contributed by atoms with Crippen LogP contribution in [0.5, 0.6) is 11.5 Å². The Hall–Kier alpha value is -3.46. The maximum atomic E-state index is 13.6. The largest absolute Gasteiger partial charge is 0.493 e. The van der Waals surface area contributed by atoms with E-state index >= 15 is 0 Å². The second-order valence-electron chi connectivity index (χ2n) is 9.32. The highest BCUT2D eigenvalue weighted by atomic mass is 79.9. The minimum Gasteiger partial charge on any atom is -0.493 e. The smallest absolute Gasteiger partial charge is 0.346 e. The van der Waals surface area contributed by atoms with Crippen LogP contribution >= 0.6 is 15.9 Å². The lowest BCUT2D eigenvalue weighted by molar-refractivity contribution is -0.147. The van der Waals surface area contributed by atoms with E-state index in [4.69, 9.17) is 19.2 Å². The first-order valence-electron chi connectivity index (χ1n) is 12.7. The van der Waals surface area contributed by atoms with Crippen molar-refractivity contribution in [3.63, 3.8) is 0 Å². The van der Waals surface area contributed by atoms with Gasteiger partial charge in [-0.25, -0.2) is 9.78 Å². The molecule has 4 rings (SSSR count). The van der Waals surface area contributed by atoms with Crippen LogP contribution in [0.1, 0.15) is 61.9 Å². The summed E-state index contributed by atoms with van der Waals surface area (Å²) in [6.45, 7) is 5.45. The molecular formula is C29H32BrN3O5. The van der Waals surface area contributed by atoms with Gasteiger partial charge in [-0.1, -0.05) is 41.3 Å². The number of fused-ring (bicyclic) bond motifs is 1. The fourth-order valence-electron chi connectivity index (χ4n) is 4.77. The van der Waals surface area contributed by atoms with Gasteiger partial charge in [0, 0.05) is 16.0 Å². The van der Waals surface area contributed by atoms with E-state index in [2.05, 4.69) is 27.6 Å². The highest BCUT2D eigenvalue weighted by Gasteiger charge is 2.23. The molecule has 0 unspecified atom stereocenters. The van der Waals surface area contributed by atoms with Crippen molar-refractivity contribution in [1.29, 1.82) is 0 Å². The average molecular weight is 582 g/mol. The molecule has 0 saturated heterocycles. The van der Waals surface area contributed by atoms with Crippen LogP contribution < -0.4 is 15.0 Å². The van der Waals surface area contributed by atoms with Crippen molar-refractivity contribution in [2.45, 2.75) is 57.5 Å². The Bertz CT molecular complexity index is 1430. The van der Waals surface area contributed by atoms with E-state index in [-0.39, 0.29) is 11.5 Å². The Balaban J connectivity index is 1.80. The first kappa shape index (κ1) is 27.6. The third kappa shape index (κ3) is 5.99. The summed E-state index contributed by atoms with van der Waals surface area (Å²) < 4.78 is 18.5. The molecule has 0 N–H and O–H groups in total. The number of rotatable bonds is 9. The minimum absolute atomic E-state index is 0.170. The summed E-state index contributed by atoms with van der Waals surface area (Å²) in [6.07, 6.45) is 8.38. The number of carbonyl (C=O) groups is 1. The van der Waals surface area contributed by atoms with Gasteiger partial charge in [-0.05, 0) is 62.1 Å². The van der Waals surface area contributed by atoms with Crippen LogP contribution in [0.2, 0.25) is 0 Å². The molecule has 1 atom stereocenters. The summed E-state index contributed by atoms with van der Waals surface area (Å²) in [5.74, 6) is 1.23. The standard InChI is InChI=1S/C29H32BrN3O5/c1-5-9-21-14-19(15-25(36-3)26(21)38-18(2)29(35)37-4)17-31-33-27(20-10-7-6-8-11-20)32-24-13-12-22(30)16-23(24)28(33)34/h5,12-18,20H,1,6-11H2,2-4H3/t18-/m0/s1. The lowest BCUT2D eigenvalue weighted by atomic mass is 9.88. The summed E-state index contributed by atoms with van der Waals surface area (Å²) >= 11 is 3.46. The molecule has 1 aromatic heterocycles. The number of hydrogen-bond acceptors (Lipinski definition) is 7. The quantitative estimate of drug-likeness (QED) is 0.181. The molecule has 38 heavy (non-hydrogen) atoms. The van der Waals surface area contributed by atoms with E-state index in [0.29, 0.717) is 40.2 Å². The van der Waals surface area contributed by atoms with Crippen molar-refractivity contribution in [2.24, 2.45) is 5.10 Å². The van der Waals surface area contributed by atoms with Crippen molar-refractivity contribution < 1.29 is 19.0 Å². The Morgan fingerprint density at radius 2 is 2.00 bits per heavy atom. The van der Waals surface area contributed by atoms with Crippen LogP contribution in [0.4, 0.5) is 0 Å². The maximum absolute atomic E-state index is 13.6. The number of esters is 1. The van der Waals surface area contributed by atoms with Gasteiger partial charge in [0.25, 0.3) is 5.56 Å². The van der Waals surface area contributed by atoms with E-state index in [1.54, 1.807) is 31.3 Å². The maximum Gasteiger partial charge on any atom is 0.346 e. The van der Waals surface area contributed by atoms with Gasteiger partial charge in [0.2, 0.25) is 0 Å². The number of halogens is 1. The van der Waals surface area contributed by atoms with E-state index < -0.39 is 12.1 Å². The third-order valence-electron chi connectivity index (χ3n) is 6.69. The molecule has 200 valence electrons. The molecule has 1 aliphatic carbocycles. The summed E-state index contributed by atoms with van der Waals surface area (Å²) in [5.41, 5.74) is 1.92. The number of nitrogens with zero attached hydrogens (tertiary/aromatic N) is 3. The zero-order chi connectivity index (χ0) is 27.2. The van der Waals surface area contributed by atoms with Gasteiger partial charge in [-0.3, -0.25) is 4.79 Å². The number of allylic oxidation sites excluding steroid dienone is 1. The molecule has 0 bridgehead atoms. The molecular weight excluding hydrogens is 550 g/mol. The summed E-state index contributed by atoms with van der Waals surface area (Å²) in [5, 5.41) is 5.15. The zero-order valence-corrected chi connectivity index (χ0v) is 23.5. The topological polar surface area (TPSA) is 92.0 Å². The van der Waals surface area contributed by atoms with Gasteiger partial charge < -0.3 is 14.2 Å². The van der Waals surface area contributed by atoms with Crippen molar-refractivity contribution in [1.82, 2.24) is 9.66 Å². The minimum atomic E-state index is -0.823. The van der Waals surface area contributed by atoms with Crippen LogP contribution in [0.3, 0.4) is 0 Å². The zero-order valence-electron chi connectivity index (χ0n) is 21.9. The van der Waals surface area contributed by atoms with Crippen molar-refractivity contribution in [2.75, 3.05) is 14.2 Å². The second kappa shape index (κ2) is 12.4. The fourth-order valence-corrected chi connectivity index (χ4v) is 5.13. The second-order valence-corrected chi connectivity index (χ2v) is 10.2. The molecule has 9 heteroatoms. The predicted molar refractivity (Wildman–Crippen MR) is 152 cm³/mol. The Morgan fingerprint density at radius 3 is 2.68 bits per heavy atom. The number of benzene rings is 2. The highest BCUT2D eigenvalue weighted by molar-refractivity contribution is 9.10. The van der Waals surface area contributed by atoms with Crippen LogP contribution in [-0.2, 0) is 16.0 Å². The third-order valence-corrected chi connectivity index (χ3v) is 7.19. The highest BCUT2D eigenvalue weighted by Crippen LogP contribution is 2.35. The van der Waals surface area contributed by atoms with E-state index in [9.17, 15) is 9.59 Å². The van der Waals surface area contributed by atoms with Gasteiger partial charge in [0.15, 0.2) is 17.6 Å². The molecule has 0 aliphatic heterocycles. The van der Waals surface area contributed by atoms with Crippen LogP contribution in [-0.4, -0.2) is 42.2 Å². The van der Waals surface area contributed by atoms with Crippen molar-refractivity contribution in [3.05, 3.63) is 74.8 Å². The van der Waals surface area contributed by atoms with Gasteiger partial charge in [-0.2, -0.15) is 9.78 Å². The lowest BCUT2D eigenvalue weighted by Gasteiger charge is -2.23. The molecule has 1 aliphatic rings. The molecule has 1 fully saturated rings. The first-order chi connectivity index (χ1) is 18.4. The number of aromatic nitrogens is 2. The molecule has 1 heterocycles. The molecule has 0 radical (unpaired) electrons. The van der Waals surface area contributed by atoms with E-state index in [1.165, 1.54) is 25.3 Å². The van der Waals surface area contributed by atoms with Gasteiger partial charge in [0.05, 0.1) is 31.3 Å².